The molecule has 6 rings (SSSR count). The number of rotatable bonds is 8. The van der Waals surface area contributed by atoms with Crippen LogP contribution in [0.1, 0.15) is 104 Å². The molecule has 0 aromatic heterocycles. The van der Waals surface area contributed by atoms with E-state index in [0.717, 1.165) is 3.92 Å². The highest BCUT2D eigenvalue weighted by molar-refractivity contribution is 14.1. The van der Waals surface area contributed by atoms with Gasteiger partial charge in [0.25, 0.3) is 0 Å². The molecule has 9 N–H and O–H groups in total. The lowest BCUT2D eigenvalue weighted by Crippen LogP contribution is -2.59. The Morgan fingerprint density at radius 1 is 0.500 bits per heavy atom. The maximum Gasteiger partial charge on any atom is 0.465 e. The van der Waals surface area contributed by atoms with E-state index in [1.54, 1.807) is 19.2 Å². The van der Waals surface area contributed by atoms with E-state index in [1.807, 2.05) is 12.1 Å². The number of nitrogen functional groups attached to an aromatic ring is 2. The van der Waals surface area contributed by atoms with Crippen molar-refractivity contribution in [3.8, 4) is 0 Å². The van der Waals surface area contributed by atoms with Crippen molar-refractivity contribution in [2.24, 2.45) is 5.64 Å². The van der Waals surface area contributed by atoms with Crippen LogP contribution in [-0.2, 0) is 0 Å². The molecule has 0 spiro atoms. The molecule has 10 nitrogen and oxygen atoms in total. The summed E-state index contributed by atoms with van der Waals surface area (Å²) < 4.78 is 3.37. The second-order valence-electron chi connectivity index (χ2n) is 16.7. The van der Waals surface area contributed by atoms with Gasteiger partial charge in [-0.25, -0.2) is 0 Å². The third-order valence-corrected chi connectivity index (χ3v) is 9.82. The lowest BCUT2D eigenvalue weighted by atomic mass is 9.88. The zero-order chi connectivity index (χ0) is 46.6. The molecule has 2 heterocycles. The van der Waals surface area contributed by atoms with Gasteiger partial charge in [-0.15, -0.1) is 0 Å². The molecule has 2 aliphatic heterocycles. The number of para-hydroxylation sites is 8. The van der Waals surface area contributed by atoms with Crippen molar-refractivity contribution in [1.82, 2.24) is 4.34 Å². The van der Waals surface area contributed by atoms with Gasteiger partial charge in [0.2, 0.25) is 0 Å². The highest BCUT2D eigenvalue weighted by Gasteiger charge is 2.41. The van der Waals surface area contributed by atoms with Gasteiger partial charge in [-0.05, 0) is 139 Å². The average molecular weight is 1090 g/mol. The number of hydrogen-bond donors (Lipinski definition) is 6. The summed E-state index contributed by atoms with van der Waals surface area (Å²) in [6, 6.07) is 35.4. The number of fused-ring (bicyclic) bond motifs is 2. The zero-order valence-corrected chi connectivity index (χ0v) is 44.9. The number of benzene rings is 4. The SMILES string of the molecule is C.CC(C)I.CC(C)N1B(Br)N(C(C)C)c2ccccc21.CC(C)N1B(N)N(C(C)C)c2ccccc21.CC(C)Nc1ccccc1NC(C)C.CNBr.Nc1ccccc1N. The molecule has 15 heteroatoms. The van der Waals surface area contributed by atoms with Crippen molar-refractivity contribution < 1.29 is 0 Å². The summed E-state index contributed by atoms with van der Waals surface area (Å²) in [4.78, 5) is 9.37. The first-order valence-corrected chi connectivity index (χ1v) is 24.4. The highest BCUT2D eigenvalue weighted by atomic mass is 127. The van der Waals surface area contributed by atoms with Crippen LogP contribution in [0.4, 0.5) is 45.5 Å². The maximum atomic E-state index is 6.33. The molecule has 62 heavy (non-hydrogen) atoms. The van der Waals surface area contributed by atoms with Gasteiger partial charge in [0, 0.05) is 79.1 Å². The Kier molecular flexibility index (Phi) is 28.8. The summed E-state index contributed by atoms with van der Waals surface area (Å²) in [6.07, 6.45) is 0. The van der Waals surface area contributed by atoms with Gasteiger partial charge in [0.1, 0.15) is 0 Å². The second kappa shape index (κ2) is 30.2. The van der Waals surface area contributed by atoms with E-state index in [0.29, 0.717) is 47.6 Å². The van der Waals surface area contributed by atoms with Crippen LogP contribution in [0.3, 0.4) is 0 Å². The van der Waals surface area contributed by atoms with Gasteiger partial charge in [0.15, 0.2) is 0 Å². The Labute approximate surface area is 410 Å². The van der Waals surface area contributed by atoms with Crippen LogP contribution >= 0.6 is 54.5 Å². The molecule has 0 saturated heterocycles. The van der Waals surface area contributed by atoms with Crippen LogP contribution in [0.15, 0.2) is 97.1 Å². The van der Waals surface area contributed by atoms with Crippen molar-refractivity contribution in [3.05, 3.63) is 97.1 Å². The first kappa shape index (κ1) is 59.0. The molecule has 346 valence electrons. The molecule has 0 saturated carbocycles. The minimum Gasteiger partial charge on any atom is -0.397 e. The number of anilines is 8. The van der Waals surface area contributed by atoms with E-state index in [2.05, 4.69) is 258 Å². The number of hydrogen-bond acceptors (Lipinski definition) is 10. The van der Waals surface area contributed by atoms with Gasteiger partial charge < -0.3 is 47.0 Å². The number of nitrogens with zero attached hydrogens (tertiary/aromatic N) is 4. The van der Waals surface area contributed by atoms with Gasteiger partial charge in [-0.3, -0.25) is 4.34 Å². The smallest absolute Gasteiger partial charge is 0.397 e. The highest BCUT2D eigenvalue weighted by Crippen LogP contribution is 2.42. The van der Waals surface area contributed by atoms with Crippen molar-refractivity contribution in [2.45, 2.75) is 145 Å². The predicted octanol–water partition coefficient (Wildman–Crippen LogP) is 12.7. The molecule has 0 atom stereocenters. The Morgan fingerprint density at radius 3 is 0.952 bits per heavy atom. The average Bonchev–Trinajstić information content (AvgIpc) is 3.64. The predicted molar refractivity (Wildman–Crippen MR) is 301 cm³/mol. The van der Waals surface area contributed by atoms with Gasteiger partial charge in [-0.1, -0.05) is 108 Å². The summed E-state index contributed by atoms with van der Waals surface area (Å²) in [5.74, 6) is 0.268. The topological polar surface area (TPSA) is 127 Å². The molecule has 4 aromatic carbocycles. The number of nitrogens with two attached hydrogens (primary N) is 3. The largest absolute Gasteiger partial charge is 0.465 e. The normalized spacial score (nSPS) is 12.4. The molecule has 2 aliphatic rings. The number of halogens is 3. The fourth-order valence-electron chi connectivity index (χ4n) is 6.67. The fourth-order valence-corrected chi connectivity index (χ4v) is 8.05. The van der Waals surface area contributed by atoms with Crippen molar-refractivity contribution in [3.63, 3.8) is 0 Å². The van der Waals surface area contributed by atoms with E-state index < -0.39 is 0 Å². The van der Waals surface area contributed by atoms with Crippen LogP contribution in [0.2, 0.25) is 0 Å². The third kappa shape index (κ3) is 19.0. The number of nitrogens with one attached hydrogen (secondary N) is 3. The summed E-state index contributed by atoms with van der Waals surface area (Å²) in [6.45, 7) is 30.5. The van der Waals surface area contributed by atoms with Crippen LogP contribution in [0.25, 0.3) is 0 Å². The van der Waals surface area contributed by atoms with Crippen molar-refractivity contribution in [1.29, 1.82) is 0 Å². The van der Waals surface area contributed by atoms with Crippen LogP contribution in [0, 0.1) is 0 Å². The molecule has 0 aliphatic carbocycles. The first-order valence-electron chi connectivity index (χ1n) is 21.5. The van der Waals surface area contributed by atoms with Crippen molar-refractivity contribution in [2.75, 3.05) is 48.4 Å². The van der Waals surface area contributed by atoms with Crippen LogP contribution in [0.5, 0.6) is 0 Å². The summed E-state index contributed by atoms with van der Waals surface area (Å²) in [7, 11) is 1.75. The molecule has 4 aromatic rings. The Morgan fingerprint density at radius 2 is 0.726 bits per heavy atom. The van der Waals surface area contributed by atoms with E-state index >= 15 is 0 Å². The molecule has 0 radical (unpaired) electrons. The lowest BCUT2D eigenvalue weighted by Gasteiger charge is -2.31. The zero-order valence-electron chi connectivity index (χ0n) is 39.6. The minimum atomic E-state index is -0.0441. The van der Waals surface area contributed by atoms with Crippen LogP contribution in [-0.4, -0.2) is 60.1 Å². The molecular weight excluding hydrogens is 1010 g/mol. The standard InChI is InChI=1S/C12H18BBrN2.C12H20BN3.C12H20N2.C6H8N2.C3H7I.CH4BrN.CH4/c2*1-9(2)15-11-7-5-6-8-12(11)16(10(3)4)13(15)14;1-9(2)13-11-7-5-6-8-12(11)14-10(3)4;7-5-3-1-2-4-6(5)8;1-3(2)4;1-3-2;/h5-10H,1-4H3;5-10H,14H2,1-4H3;5-10,13-14H,1-4H3;1-4H,7-8H2;3H,1-2H3;3H,1H3;1H4. The quantitative estimate of drug-likeness (QED) is 0.0334. The van der Waals surface area contributed by atoms with Crippen LogP contribution < -0.4 is 51.3 Å². The molecular formula is C47H81B2Br2IN10. The summed E-state index contributed by atoms with van der Waals surface area (Å²) >= 11 is 9.04. The minimum absolute atomic E-state index is 0. The molecule has 0 bridgehead atoms. The fraction of sp³-hybridized carbons (Fsp3) is 0.489. The third-order valence-electron chi connectivity index (χ3n) is 8.94. The second-order valence-corrected chi connectivity index (χ2v) is 20.8. The van der Waals surface area contributed by atoms with E-state index in [9.17, 15) is 0 Å². The molecule has 0 unspecified atom stereocenters. The number of alkyl halides is 1. The molecule has 0 amide bonds. The Balaban J connectivity index is 0.000000771. The van der Waals surface area contributed by atoms with Gasteiger partial charge in [-0.2, -0.15) is 0 Å². The van der Waals surface area contributed by atoms with E-state index in [4.69, 9.17) is 17.1 Å². The summed E-state index contributed by atoms with van der Waals surface area (Å²) in [5.41, 5.74) is 25.9. The van der Waals surface area contributed by atoms with Gasteiger partial charge in [0.05, 0.1) is 22.7 Å². The first-order chi connectivity index (χ1) is 28.6. The maximum absolute atomic E-state index is 6.33. The molecule has 0 fully saturated rings. The van der Waals surface area contributed by atoms with E-state index in [1.165, 1.54) is 34.1 Å². The van der Waals surface area contributed by atoms with Gasteiger partial charge >= 0.3 is 12.9 Å². The van der Waals surface area contributed by atoms with E-state index in [-0.39, 0.29) is 20.4 Å². The lowest BCUT2D eigenvalue weighted by molar-refractivity contribution is 0.793. The Bertz CT molecular complexity index is 1610. The monoisotopic (exact) mass is 1090 g/mol. The summed E-state index contributed by atoms with van der Waals surface area (Å²) in [5, 5.41) is 6.83. The Hall–Kier alpha value is -2.98. The van der Waals surface area contributed by atoms with Crippen molar-refractivity contribution >= 4 is 113 Å².